The molecule has 0 unspecified atom stereocenters. The van der Waals surface area contributed by atoms with Crippen molar-refractivity contribution in [2.24, 2.45) is 5.92 Å². The molecule has 10 heteroatoms. The largest absolute Gasteiger partial charge is 0.457 e. The molecule has 0 aliphatic carbocycles. The van der Waals surface area contributed by atoms with Crippen molar-refractivity contribution in [1.82, 2.24) is 13.9 Å². The lowest BCUT2D eigenvalue weighted by atomic mass is 9.98. The highest BCUT2D eigenvalue weighted by Crippen LogP contribution is 2.24. The number of hydrogen-bond donors (Lipinski definition) is 0. The molecule has 2 aromatic heterocycles. The molecular formula is C22H29N3O6S. The lowest BCUT2D eigenvalue weighted by Gasteiger charge is -2.29. The van der Waals surface area contributed by atoms with Gasteiger partial charge in [-0.3, -0.25) is 14.6 Å². The minimum absolute atomic E-state index is 0.134. The third-order valence-corrected chi connectivity index (χ3v) is 7.68. The maximum absolute atomic E-state index is 12.7. The number of ketones is 1. The summed E-state index contributed by atoms with van der Waals surface area (Å²) in [5.41, 5.74) is 2.29. The van der Waals surface area contributed by atoms with Crippen LogP contribution in [-0.2, 0) is 30.8 Å². The number of aryl methyl sites for hydroxylation is 1. The van der Waals surface area contributed by atoms with E-state index in [2.05, 4.69) is 4.98 Å². The van der Waals surface area contributed by atoms with E-state index in [0.717, 1.165) is 11.4 Å². The molecule has 0 aromatic carbocycles. The number of rotatable bonds is 9. The predicted molar refractivity (Wildman–Crippen MR) is 117 cm³/mol. The number of sulfonamides is 1. The second-order valence-corrected chi connectivity index (χ2v) is 9.77. The monoisotopic (exact) mass is 463 g/mol. The maximum atomic E-state index is 12.7. The summed E-state index contributed by atoms with van der Waals surface area (Å²) < 4.78 is 39.1. The van der Waals surface area contributed by atoms with Crippen molar-refractivity contribution in [3.63, 3.8) is 0 Å². The topological polar surface area (TPSA) is 108 Å². The molecule has 1 saturated heterocycles. The van der Waals surface area contributed by atoms with Crippen molar-refractivity contribution in [2.75, 3.05) is 33.4 Å². The molecule has 0 saturated carbocycles. The Hall–Kier alpha value is -2.56. The fraction of sp³-hybridized carbons (Fsp3) is 0.500. The van der Waals surface area contributed by atoms with Gasteiger partial charge in [-0.1, -0.05) is 0 Å². The van der Waals surface area contributed by atoms with Crippen molar-refractivity contribution in [1.29, 1.82) is 0 Å². The van der Waals surface area contributed by atoms with Crippen LogP contribution in [0.1, 0.15) is 34.6 Å². The van der Waals surface area contributed by atoms with Crippen LogP contribution in [0.3, 0.4) is 0 Å². The van der Waals surface area contributed by atoms with Crippen LogP contribution in [-0.4, -0.2) is 67.4 Å². The average molecular weight is 464 g/mol. The number of aromatic nitrogens is 2. The molecule has 0 spiro atoms. The first-order chi connectivity index (χ1) is 15.3. The van der Waals surface area contributed by atoms with Crippen LogP contribution in [0.25, 0.3) is 0 Å². The lowest BCUT2D eigenvalue weighted by molar-refractivity contribution is -0.148. The van der Waals surface area contributed by atoms with E-state index in [4.69, 9.17) is 9.47 Å². The van der Waals surface area contributed by atoms with Crippen molar-refractivity contribution in [3.05, 3.63) is 47.5 Å². The zero-order chi connectivity index (χ0) is 23.3. The van der Waals surface area contributed by atoms with Crippen LogP contribution in [0.15, 0.2) is 35.5 Å². The number of nitrogens with zero attached hydrogens (tertiary/aromatic N) is 3. The molecule has 3 rings (SSSR count). The first-order valence-corrected chi connectivity index (χ1v) is 12.0. The Morgan fingerprint density at radius 1 is 1.22 bits per heavy atom. The summed E-state index contributed by atoms with van der Waals surface area (Å²) in [5, 5.41) is 0. The van der Waals surface area contributed by atoms with Gasteiger partial charge in [-0.05, 0) is 44.9 Å². The Morgan fingerprint density at radius 2 is 1.94 bits per heavy atom. The minimum Gasteiger partial charge on any atom is -0.457 e. The van der Waals surface area contributed by atoms with E-state index < -0.39 is 21.9 Å². The summed E-state index contributed by atoms with van der Waals surface area (Å²) >= 11 is 0. The van der Waals surface area contributed by atoms with Gasteiger partial charge in [-0.15, -0.1) is 0 Å². The summed E-state index contributed by atoms with van der Waals surface area (Å²) in [5.74, 6) is -1.16. The second kappa shape index (κ2) is 10.4. The van der Waals surface area contributed by atoms with E-state index in [1.807, 2.05) is 18.4 Å². The van der Waals surface area contributed by atoms with Gasteiger partial charge in [0.2, 0.25) is 15.8 Å². The van der Waals surface area contributed by atoms with Gasteiger partial charge in [0, 0.05) is 56.1 Å². The molecule has 2 aromatic rings. The number of ether oxygens (including phenoxy) is 2. The summed E-state index contributed by atoms with van der Waals surface area (Å²) in [4.78, 5) is 29.1. The van der Waals surface area contributed by atoms with Crippen molar-refractivity contribution in [2.45, 2.75) is 38.1 Å². The third-order valence-electron chi connectivity index (χ3n) is 5.80. The molecule has 0 N–H and O–H groups in total. The van der Waals surface area contributed by atoms with Gasteiger partial charge in [-0.25, -0.2) is 8.42 Å². The Morgan fingerprint density at radius 3 is 2.56 bits per heavy atom. The van der Waals surface area contributed by atoms with Gasteiger partial charge in [0.25, 0.3) is 0 Å². The standard InChI is InChI=1S/C22H29N3O6S/c1-16-13-20(17(2)25(16)11-12-30-3)21(26)15-31-22(27)18-6-9-24(10-7-18)32(28,29)19-5-4-8-23-14-19/h4-5,8,13-14,18H,6-7,9-12,15H2,1-3H3. The smallest absolute Gasteiger partial charge is 0.309 e. The Kier molecular flexibility index (Phi) is 7.81. The fourth-order valence-electron chi connectivity index (χ4n) is 3.92. The van der Waals surface area contributed by atoms with Gasteiger partial charge >= 0.3 is 5.97 Å². The van der Waals surface area contributed by atoms with Crippen LogP contribution >= 0.6 is 0 Å². The molecule has 0 atom stereocenters. The maximum Gasteiger partial charge on any atom is 0.309 e. The molecule has 174 valence electrons. The number of carbonyl (C=O) groups excluding carboxylic acids is 2. The number of Topliss-reactive ketones (excluding diaryl/α,β-unsaturated/α-hetero) is 1. The summed E-state index contributed by atoms with van der Waals surface area (Å²) in [6, 6.07) is 4.87. The molecule has 9 nitrogen and oxygen atoms in total. The zero-order valence-electron chi connectivity index (χ0n) is 18.6. The molecule has 0 bridgehead atoms. The Balaban J connectivity index is 1.53. The molecular weight excluding hydrogens is 434 g/mol. The highest BCUT2D eigenvalue weighted by molar-refractivity contribution is 7.89. The van der Waals surface area contributed by atoms with Gasteiger partial charge in [0.1, 0.15) is 4.90 Å². The molecule has 3 heterocycles. The summed E-state index contributed by atoms with van der Waals surface area (Å²) in [6.07, 6.45) is 3.52. The van der Waals surface area contributed by atoms with E-state index >= 15 is 0 Å². The SMILES string of the molecule is COCCn1c(C)cc(C(=O)COC(=O)C2CCN(S(=O)(=O)c3cccnc3)CC2)c1C. The quantitative estimate of drug-likeness (QED) is 0.413. The second-order valence-electron chi connectivity index (χ2n) is 7.83. The molecule has 1 aliphatic heterocycles. The van der Waals surface area contributed by atoms with E-state index in [0.29, 0.717) is 31.6 Å². The Labute approximate surface area is 188 Å². The molecule has 1 fully saturated rings. The van der Waals surface area contributed by atoms with Crippen molar-refractivity contribution in [3.8, 4) is 0 Å². The van der Waals surface area contributed by atoms with E-state index in [1.54, 1.807) is 19.2 Å². The third kappa shape index (κ3) is 5.25. The summed E-state index contributed by atoms with van der Waals surface area (Å²) in [7, 11) is -2.01. The van der Waals surface area contributed by atoms with E-state index in [-0.39, 0.29) is 30.4 Å². The summed E-state index contributed by atoms with van der Waals surface area (Å²) in [6.45, 7) is 5.05. The first kappa shape index (κ1) is 24.1. The van der Waals surface area contributed by atoms with Crippen molar-refractivity contribution < 1.29 is 27.5 Å². The van der Waals surface area contributed by atoms with Gasteiger partial charge in [0.15, 0.2) is 6.61 Å². The predicted octanol–water partition coefficient (Wildman–Crippen LogP) is 1.97. The molecule has 32 heavy (non-hydrogen) atoms. The highest BCUT2D eigenvalue weighted by Gasteiger charge is 2.33. The zero-order valence-corrected chi connectivity index (χ0v) is 19.4. The van der Waals surface area contributed by atoms with E-state index in [1.165, 1.54) is 22.8 Å². The van der Waals surface area contributed by atoms with Crippen molar-refractivity contribution >= 4 is 21.8 Å². The van der Waals surface area contributed by atoms with Gasteiger partial charge < -0.3 is 14.0 Å². The molecule has 0 radical (unpaired) electrons. The van der Waals surface area contributed by atoms with Crippen LogP contribution < -0.4 is 0 Å². The number of hydrogen-bond acceptors (Lipinski definition) is 7. The van der Waals surface area contributed by atoms with Crippen LogP contribution in [0.4, 0.5) is 0 Å². The lowest BCUT2D eigenvalue weighted by Crippen LogP contribution is -2.40. The molecule has 1 aliphatic rings. The normalized spacial score (nSPS) is 15.6. The average Bonchev–Trinajstić information content (AvgIpc) is 3.09. The minimum atomic E-state index is -3.63. The van der Waals surface area contributed by atoms with Gasteiger partial charge in [0.05, 0.1) is 12.5 Å². The van der Waals surface area contributed by atoms with E-state index in [9.17, 15) is 18.0 Å². The van der Waals surface area contributed by atoms with Crippen LogP contribution in [0.2, 0.25) is 0 Å². The number of piperidine rings is 1. The van der Waals surface area contributed by atoms with Gasteiger partial charge in [-0.2, -0.15) is 4.31 Å². The highest BCUT2D eigenvalue weighted by atomic mass is 32.2. The van der Waals surface area contributed by atoms with Crippen LogP contribution in [0, 0.1) is 19.8 Å². The number of pyridine rings is 1. The first-order valence-electron chi connectivity index (χ1n) is 10.5. The number of carbonyl (C=O) groups is 2. The fourth-order valence-corrected chi connectivity index (χ4v) is 5.36. The molecule has 0 amide bonds. The number of methoxy groups -OCH3 is 1. The number of esters is 1. The Bertz CT molecular complexity index is 1060. The van der Waals surface area contributed by atoms with Crippen LogP contribution in [0.5, 0.6) is 0 Å².